The van der Waals surface area contributed by atoms with Gasteiger partial charge in [0.2, 0.25) is 0 Å². The van der Waals surface area contributed by atoms with Crippen LogP contribution in [0.1, 0.15) is 34.6 Å². The third-order valence-corrected chi connectivity index (χ3v) is 4.54. The molecule has 2 unspecified atom stereocenters. The van der Waals surface area contributed by atoms with Crippen LogP contribution in [0.4, 0.5) is 0 Å². The van der Waals surface area contributed by atoms with Gasteiger partial charge in [-0.05, 0) is 40.2 Å². The quantitative estimate of drug-likeness (QED) is 0.446. The molecule has 1 N–H and O–H groups in total. The molecule has 0 aromatic carbocycles. The topological polar surface area (TPSA) is 72.8 Å². The molecule has 0 amide bonds. The standard InChI is InChI=1S/C14H18O5/c1-7-8(2)14(5,19-11(7)16)13(4)6-18-12(17)10(13)9(3)15/h15H,6H2,1-5H3/b10-9+. The summed E-state index contributed by atoms with van der Waals surface area (Å²) < 4.78 is 10.6. The van der Waals surface area contributed by atoms with Gasteiger partial charge in [-0.2, -0.15) is 0 Å². The van der Waals surface area contributed by atoms with Gasteiger partial charge in [0.15, 0.2) is 0 Å². The lowest BCUT2D eigenvalue weighted by atomic mass is 9.67. The van der Waals surface area contributed by atoms with Gasteiger partial charge in [0.1, 0.15) is 18.0 Å². The minimum atomic E-state index is -0.986. The van der Waals surface area contributed by atoms with Crippen LogP contribution in [0.5, 0.6) is 0 Å². The predicted octanol–water partition coefficient (Wildman–Crippen LogP) is 2.03. The number of carbonyl (C=O) groups excluding carboxylic acids is 2. The van der Waals surface area contributed by atoms with Crippen LogP contribution in [0, 0.1) is 5.41 Å². The summed E-state index contributed by atoms with van der Waals surface area (Å²) in [5.41, 5.74) is -0.396. The summed E-state index contributed by atoms with van der Waals surface area (Å²) in [6, 6.07) is 0. The Kier molecular flexibility index (Phi) is 2.77. The van der Waals surface area contributed by atoms with Crippen LogP contribution in [0.3, 0.4) is 0 Å². The highest BCUT2D eigenvalue weighted by Gasteiger charge is 2.61. The Hall–Kier alpha value is -1.78. The van der Waals surface area contributed by atoms with Crippen LogP contribution in [0.25, 0.3) is 0 Å². The van der Waals surface area contributed by atoms with E-state index in [2.05, 4.69) is 0 Å². The first kappa shape index (κ1) is 13.6. The van der Waals surface area contributed by atoms with Crippen LogP contribution in [-0.2, 0) is 19.1 Å². The SMILES string of the molecule is CC1=C(C)C(C)(C2(C)COC(=O)/C2=C(/C)O)OC1=O. The molecule has 0 radical (unpaired) electrons. The van der Waals surface area contributed by atoms with Crippen LogP contribution in [-0.4, -0.2) is 29.3 Å². The summed E-state index contributed by atoms with van der Waals surface area (Å²) in [6.45, 7) is 8.53. The van der Waals surface area contributed by atoms with Crippen molar-refractivity contribution in [1.82, 2.24) is 0 Å². The van der Waals surface area contributed by atoms with Gasteiger partial charge in [-0.3, -0.25) is 0 Å². The van der Waals surface area contributed by atoms with Crippen molar-refractivity contribution < 1.29 is 24.2 Å². The zero-order valence-corrected chi connectivity index (χ0v) is 11.8. The molecule has 0 aromatic rings. The molecule has 1 fully saturated rings. The summed E-state index contributed by atoms with van der Waals surface area (Å²) >= 11 is 0. The van der Waals surface area contributed by atoms with Crippen molar-refractivity contribution in [1.29, 1.82) is 0 Å². The smallest absolute Gasteiger partial charge is 0.338 e. The molecule has 2 heterocycles. The van der Waals surface area contributed by atoms with E-state index in [1.165, 1.54) is 6.92 Å². The Bertz CT molecular complexity index is 538. The number of carbonyl (C=O) groups is 2. The lowest BCUT2D eigenvalue weighted by molar-refractivity contribution is -0.154. The maximum Gasteiger partial charge on any atom is 0.338 e. The van der Waals surface area contributed by atoms with E-state index in [1.54, 1.807) is 27.7 Å². The lowest BCUT2D eigenvalue weighted by Crippen LogP contribution is -2.47. The number of cyclic esters (lactones) is 2. The van der Waals surface area contributed by atoms with E-state index in [0.29, 0.717) is 5.57 Å². The molecule has 19 heavy (non-hydrogen) atoms. The van der Waals surface area contributed by atoms with Crippen LogP contribution < -0.4 is 0 Å². The zero-order valence-electron chi connectivity index (χ0n) is 11.8. The third-order valence-electron chi connectivity index (χ3n) is 4.54. The van der Waals surface area contributed by atoms with Crippen LogP contribution in [0.15, 0.2) is 22.5 Å². The maximum atomic E-state index is 11.8. The molecule has 104 valence electrons. The van der Waals surface area contributed by atoms with E-state index < -0.39 is 23.0 Å². The van der Waals surface area contributed by atoms with E-state index in [1.807, 2.05) is 0 Å². The molecule has 5 heteroatoms. The van der Waals surface area contributed by atoms with Crippen LogP contribution >= 0.6 is 0 Å². The first-order valence-electron chi connectivity index (χ1n) is 6.14. The first-order valence-corrected chi connectivity index (χ1v) is 6.14. The Morgan fingerprint density at radius 3 is 2.21 bits per heavy atom. The molecule has 0 aliphatic carbocycles. The second-order valence-electron chi connectivity index (χ2n) is 5.54. The Morgan fingerprint density at radius 1 is 1.21 bits per heavy atom. The number of hydrogen-bond donors (Lipinski definition) is 1. The number of hydrogen-bond acceptors (Lipinski definition) is 5. The minimum Gasteiger partial charge on any atom is -0.512 e. The second kappa shape index (κ2) is 3.85. The van der Waals surface area contributed by atoms with Gasteiger partial charge >= 0.3 is 11.9 Å². The number of allylic oxidation sites excluding steroid dienone is 1. The first-order chi connectivity index (χ1) is 8.65. The van der Waals surface area contributed by atoms with Crippen molar-refractivity contribution >= 4 is 11.9 Å². The summed E-state index contributed by atoms with van der Waals surface area (Å²) in [4.78, 5) is 23.6. The number of rotatable bonds is 1. The second-order valence-corrected chi connectivity index (χ2v) is 5.54. The highest BCUT2D eigenvalue weighted by atomic mass is 16.6. The Balaban J connectivity index is 2.62. The van der Waals surface area contributed by atoms with E-state index >= 15 is 0 Å². The molecular weight excluding hydrogens is 248 g/mol. The Morgan fingerprint density at radius 2 is 1.79 bits per heavy atom. The summed E-state index contributed by atoms with van der Waals surface area (Å²) in [6.07, 6.45) is 0. The van der Waals surface area contributed by atoms with Gasteiger partial charge in [0.25, 0.3) is 0 Å². The van der Waals surface area contributed by atoms with E-state index in [0.717, 1.165) is 5.57 Å². The molecule has 0 bridgehead atoms. The summed E-state index contributed by atoms with van der Waals surface area (Å²) in [5, 5.41) is 9.77. The molecule has 2 aliphatic heterocycles. The van der Waals surface area contributed by atoms with Crippen molar-refractivity contribution in [2.45, 2.75) is 40.2 Å². The van der Waals surface area contributed by atoms with E-state index in [4.69, 9.17) is 9.47 Å². The molecule has 5 nitrogen and oxygen atoms in total. The molecule has 2 rings (SSSR count). The Labute approximate surface area is 111 Å². The monoisotopic (exact) mass is 266 g/mol. The minimum absolute atomic E-state index is 0.0769. The zero-order chi connectivity index (χ0) is 14.6. The number of esters is 2. The fraction of sp³-hybridized carbons (Fsp3) is 0.571. The largest absolute Gasteiger partial charge is 0.512 e. The lowest BCUT2D eigenvalue weighted by Gasteiger charge is -2.39. The molecule has 0 spiro atoms. The van der Waals surface area contributed by atoms with E-state index in [-0.39, 0.29) is 17.9 Å². The van der Waals surface area contributed by atoms with E-state index in [9.17, 15) is 14.7 Å². The van der Waals surface area contributed by atoms with Crippen LogP contribution in [0.2, 0.25) is 0 Å². The normalized spacial score (nSPS) is 37.5. The molecule has 1 saturated heterocycles. The molecule has 0 saturated carbocycles. The van der Waals surface area contributed by atoms with Gasteiger partial charge in [-0.1, -0.05) is 0 Å². The van der Waals surface area contributed by atoms with Crippen molar-refractivity contribution in [3.63, 3.8) is 0 Å². The van der Waals surface area contributed by atoms with Crippen molar-refractivity contribution in [3.8, 4) is 0 Å². The summed E-state index contributed by atoms with van der Waals surface area (Å²) in [7, 11) is 0. The number of aliphatic hydroxyl groups excluding tert-OH is 1. The summed E-state index contributed by atoms with van der Waals surface area (Å²) in [5.74, 6) is -1.05. The maximum absolute atomic E-state index is 11.8. The van der Waals surface area contributed by atoms with Gasteiger partial charge in [-0.15, -0.1) is 0 Å². The number of aliphatic hydroxyl groups is 1. The number of ether oxygens (including phenoxy) is 2. The molecule has 2 aliphatic rings. The third kappa shape index (κ3) is 1.54. The molecule has 0 aromatic heterocycles. The average molecular weight is 266 g/mol. The van der Waals surface area contributed by atoms with Crippen molar-refractivity contribution in [2.75, 3.05) is 6.61 Å². The molecule has 2 atom stereocenters. The highest BCUT2D eigenvalue weighted by Crippen LogP contribution is 2.52. The van der Waals surface area contributed by atoms with Gasteiger partial charge < -0.3 is 14.6 Å². The average Bonchev–Trinajstić information content (AvgIpc) is 2.73. The van der Waals surface area contributed by atoms with Crippen molar-refractivity contribution in [2.24, 2.45) is 5.41 Å². The van der Waals surface area contributed by atoms with Gasteiger partial charge in [-0.25, -0.2) is 9.59 Å². The van der Waals surface area contributed by atoms with Crippen molar-refractivity contribution in [3.05, 3.63) is 22.5 Å². The fourth-order valence-corrected chi connectivity index (χ4v) is 2.88. The van der Waals surface area contributed by atoms with Gasteiger partial charge in [0.05, 0.1) is 11.0 Å². The van der Waals surface area contributed by atoms with Gasteiger partial charge in [0, 0.05) is 5.57 Å². The fourth-order valence-electron chi connectivity index (χ4n) is 2.88. The molecular formula is C14H18O5. The predicted molar refractivity (Wildman–Crippen MR) is 67.3 cm³/mol. The highest BCUT2D eigenvalue weighted by molar-refractivity contribution is 5.96.